The average molecular weight is 204 g/mol. The van der Waals surface area contributed by atoms with Gasteiger partial charge in [-0.25, -0.2) is 0 Å². The first-order valence-corrected chi connectivity index (χ1v) is 3.18. The van der Waals surface area contributed by atoms with Crippen molar-refractivity contribution in [1.29, 1.82) is 0 Å². The van der Waals surface area contributed by atoms with E-state index < -0.39 is 0 Å². The third-order valence-corrected chi connectivity index (χ3v) is 1.45. The largest absolute Gasteiger partial charge is 0.759 e. The highest BCUT2D eigenvalue weighted by molar-refractivity contribution is 4.98. The minimum Gasteiger partial charge on any atom is -0.759 e. The first kappa shape index (κ1) is 5.09. The van der Waals surface area contributed by atoms with Gasteiger partial charge >= 0.3 is 0 Å². The van der Waals surface area contributed by atoms with Crippen LogP contribution in [0, 0.1) is 3.57 Å². The summed E-state index contributed by atoms with van der Waals surface area (Å²) in [6.07, 6.45) is 0. The normalized spacial score (nSPS) is 8.71. The van der Waals surface area contributed by atoms with Crippen molar-refractivity contribution in [2.75, 3.05) is 0 Å². The molecule has 1 radical (unpaired) electrons. The summed E-state index contributed by atoms with van der Waals surface area (Å²) in [6.45, 7) is 0. The Morgan fingerprint density at radius 3 is 1.86 bits per heavy atom. The number of rotatable bonds is 0. The Balaban J connectivity index is 3.02. The van der Waals surface area contributed by atoms with Gasteiger partial charge in [0.15, 0.2) is 0 Å². The Bertz CT molecular complexity index is 134. The van der Waals surface area contributed by atoms with E-state index in [4.69, 9.17) is 0 Å². The highest BCUT2D eigenvalue weighted by atomic mass is 127. The number of hydrogen-bond acceptors (Lipinski definition) is 0. The van der Waals surface area contributed by atoms with Crippen molar-refractivity contribution in [3.8, 4) is 0 Å². The van der Waals surface area contributed by atoms with Crippen molar-refractivity contribution in [2.45, 2.75) is 0 Å². The van der Waals surface area contributed by atoms with Gasteiger partial charge in [-0.05, 0) is 0 Å². The summed E-state index contributed by atoms with van der Waals surface area (Å²) in [6, 6.07) is 10.2. The van der Waals surface area contributed by atoms with E-state index in [1.807, 2.05) is 18.2 Å². The lowest BCUT2D eigenvalue weighted by Crippen LogP contribution is -3.34. The maximum atomic E-state index is 2.28. The highest BCUT2D eigenvalue weighted by Gasteiger charge is 1.62. The molecule has 0 aliphatic rings. The lowest BCUT2D eigenvalue weighted by atomic mass is 10.4. The molecule has 0 saturated carbocycles. The molecule has 0 aromatic heterocycles. The van der Waals surface area contributed by atoms with Gasteiger partial charge < -0.3 is 22.6 Å². The number of benzene rings is 1. The van der Waals surface area contributed by atoms with Crippen LogP contribution in [0.5, 0.6) is 0 Å². The summed E-state index contributed by atoms with van der Waals surface area (Å²) in [7, 11) is 0. The van der Waals surface area contributed by atoms with E-state index >= 15 is 0 Å². The molecule has 0 unspecified atom stereocenters. The second-order valence-electron chi connectivity index (χ2n) is 1.30. The second kappa shape index (κ2) is 2.31. The first-order valence-electron chi connectivity index (χ1n) is 2.10. The summed E-state index contributed by atoms with van der Waals surface area (Å²) >= 11 is 2.28. The Hall–Kier alpha value is -0.0500. The van der Waals surface area contributed by atoms with Crippen molar-refractivity contribution in [2.24, 2.45) is 0 Å². The summed E-state index contributed by atoms with van der Waals surface area (Å²) in [5.74, 6) is 0. The van der Waals surface area contributed by atoms with Gasteiger partial charge in [0.2, 0.25) is 0 Å². The molecule has 0 N–H and O–H groups in total. The first-order chi connectivity index (χ1) is 3.39. The van der Waals surface area contributed by atoms with Gasteiger partial charge in [-0.15, -0.1) is 0 Å². The molecule has 0 bridgehead atoms. The van der Waals surface area contributed by atoms with Crippen LogP contribution in [0.2, 0.25) is 0 Å². The van der Waals surface area contributed by atoms with Crippen LogP contribution in [0.3, 0.4) is 0 Å². The van der Waals surface area contributed by atoms with Crippen LogP contribution in [0.15, 0.2) is 30.3 Å². The van der Waals surface area contributed by atoms with E-state index in [-0.39, 0.29) is 0 Å². The zero-order valence-electron chi connectivity index (χ0n) is 3.76. The standard InChI is InChI=1S/C6H5I/c7-6-4-2-1-3-5-6/h1-5H/q-1. The molecule has 0 aliphatic carbocycles. The van der Waals surface area contributed by atoms with Crippen LogP contribution in [0.4, 0.5) is 0 Å². The Kier molecular flexibility index (Phi) is 1.68. The number of hydrogen-bond donors (Lipinski definition) is 0. The lowest BCUT2D eigenvalue weighted by molar-refractivity contribution is -0.328. The molecule has 1 aromatic rings. The fourth-order valence-electron chi connectivity index (χ4n) is 0.415. The zero-order valence-corrected chi connectivity index (χ0v) is 5.92. The fraction of sp³-hybridized carbons (Fsp3) is 0. The van der Waals surface area contributed by atoms with Gasteiger partial charge in [0.05, 0.1) is 0 Å². The predicted molar refractivity (Wildman–Crippen MR) is 25.1 cm³/mol. The Morgan fingerprint density at radius 2 is 1.57 bits per heavy atom. The van der Waals surface area contributed by atoms with Crippen LogP contribution in [-0.2, 0) is 0 Å². The molecule has 0 atom stereocenters. The van der Waals surface area contributed by atoms with E-state index in [2.05, 4.69) is 34.7 Å². The average Bonchev–Trinajstić information content (AvgIpc) is 1.69. The molecule has 0 saturated heterocycles. The van der Waals surface area contributed by atoms with E-state index in [0.29, 0.717) is 0 Å². The monoisotopic (exact) mass is 204 g/mol. The molecule has 0 nitrogen and oxygen atoms in total. The summed E-state index contributed by atoms with van der Waals surface area (Å²) in [5, 5.41) is 0. The summed E-state index contributed by atoms with van der Waals surface area (Å²) in [4.78, 5) is 0. The smallest absolute Gasteiger partial charge is 0.0624 e. The summed E-state index contributed by atoms with van der Waals surface area (Å²) in [5.41, 5.74) is 0. The van der Waals surface area contributed by atoms with Gasteiger partial charge in [0.1, 0.15) is 0 Å². The highest BCUT2D eigenvalue weighted by Crippen LogP contribution is 1.80. The molecule has 0 spiro atoms. The van der Waals surface area contributed by atoms with Crippen molar-refractivity contribution in [3.63, 3.8) is 0 Å². The third-order valence-electron chi connectivity index (χ3n) is 0.733. The van der Waals surface area contributed by atoms with E-state index in [9.17, 15) is 0 Å². The van der Waals surface area contributed by atoms with Crippen LogP contribution < -0.4 is 22.6 Å². The quantitative estimate of drug-likeness (QED) is 0.447. The summed E-state index contributed by atoms with van der Waals surface area (Å²) < 4.78 is 1.29. The molecule has 0 heterocycles. The van der Waals surface area contributed by atoms with Crippen molar-refractivity contribution >= 4 is 0 Å². The van der Waals surface area contributed by atoms with Gasteiger partial charge in [-0.2, -0.15) is 3.57 Å². The van der Waals surface area contributed by atoms with Gasteiger partial charge in [-0.3, -0.25) is 0 Å². The zero-order chi connectivity index (χ0) is 5.11. The molecular weight excluding hydrogens is 199 g/mol. The molecule has 37 valence electrons. The van der Waals surface area contributed by atoms with E-state index in [1.54, 1.807) is 0 Å². The maximum absolute atomic E-state index is 2.28. The Morgan fingerprint density at radius 1 is 1.00 bits per heavy atom. The Labute approximate surface area is 56.7 Å². The van der Waals surface area contributed by atoms with E-state index in [1.165, 1.54) is 3.57 Å². The molecule has 1 rings (SSSR count). The molecule has 1 heteroatoms. The lowest BCUT2D eigenvalue weighted by Gasteiger charge is -1.98. The van der Waals surface area contributed by atoms with Crippen molar-refractivity contribution < 1.29 is 22.6 Å². The predicted octanol–water partition coefficient (Wildman–Crippen LogP) is -1.59. The van der Waals surface area contributed by atoms with Gasteiger partial charge in [0.25, 0.3) is 0 Å². The topological polar surface area (TPSA) is 0 Å². The van der Waals surface area contributed by atoms with Crippen LogP contribution in [0.25, 0.3) is 0 Å². The molecular formula is C6H5I-. The molecule has 0 fully saturated rings. The SMILES string of the molecule is [I-]c1ccccc1. The van der Waals surface area contributed by atoms with Gasteiger partial charge in [-0.1, -0.05) is 30.3 Å². The minimum atomic E-state index is 1.29. The van der Waals surface area contributed by atoms with Crippen molar-refractivity contribution in [3.05, 3.63) is 33.9 Å². The second-order valence-corrected chi connectivity index (χ2v) is 2.54. The minimum absolute atomic E-state index is 1.29. The van der Waals surface area contributed by atoms with Crippen molar-refractivity contribution in [1.82, 2.24) is 0 Å². The van der Waals surface area contributed by atoms with Crippen LogP contribution in [-0.4, -0.2) is 0 Å². The van der Waals surface area contributed by atoms with Crippen LogP contribution in [0.1, 0.15) is 0 Å². The molecule has 1 aromatic carbocycles. The molecule has 0 aliphatic heterocycles. The third kappa shape index (κ3) is 1.47. The van der Waals surface area contributed by atoms with Crippen LogP contribution >= 0.6 is 0 Å². The maximum Gasteiger partial charge on any atom is -0.0624 e. The molecule has 0 amide bonds. The number of halogens is 1. The fourth-order valence-corrected chi connectivity index (χ4v) is 0.830. The van der Waals surface area contributed by atoms with E-state index in [0.717, 1.165) is 0 Å². The molecule has 7 heavy (non-hydrogen) atoms. The van der Waals surface area contributed by atoms with Gasteiger partial charge in [0, 0.05) is 0 Å².